The first-order valence-electron chi connectivity index (χ1n) is 2.30. The van der Waals surface area contributed by atoms with Gasteiger partial charge in [0.05, 0.1) is 12.6 Å². The van der Waals surface area contributed by atoms with Crippen molar-refractivity contribution in [1.82, 2.24) is 0 Å². The molecule has 0 saturated carbocycles. The van der Waals surface area contributed by atoms with Crippen LogP contribution in [0.5, 0.6) is 0 Å². The van der Waals surface area contributed by atoms with Gasteiger partial charge in [-0.25, -0.2) is 0 Å². The topological polar surface area (TPSA) is 66.5 Å². The zero-order valence-electron chi connectivity index (χ0n) is 4.83. The fourth-order valence-electron chi connectivity index (χ4n) is 0.111. The minimum atomic E-state index is -1.36. The smallest absolute Gasteiger partial charge is 0.104 e. The molecule has 0 spiro atoms. The van der Waals surface area contributed by atoms with E-state index in [2.05, 4.69) is 6.92 Å². The van der Waals surface area contributed by atoms with E-state index in [1.54, 1.807) is 0 Å². The van der Waals surface area contributed by atoms with Gasteiger partial charge in [0.15, 0.2) is 0 Å². The fourth-order valence-corrected chi connectivity index (χ4v) is 0.111. The molecular weight excluding hydrogens is 106 g/mol. The monoisotopic (exact) mass is 117 g/mol. The Morgan fingerprint density at radius 1 is 1.88 bits per heavy atom. The molecule has 3 nitrogen and oxygen atoms in total. The van der Waals surface area contributed by atoms with E-state index < -0.39 is 11.7 Å². The molecule has 2 radical (unpaired) electrons. The van der Waals surface area contributed by atoms with Crippen LogP contribution in [0.4, 0.5) is 0 Å². The minimum Gasteiger partial charge on any atom is -0.390 e. The number of rotatable bonds is 2. The normalized spacial score (nSPS) is 22.1. The summed E-state index contributed by atoms with van der Waals surface area (Å²) < 4.78 is 0. The Bertz CT molecular complexity index is 70.8. The van der Waals surface area contributed by atoms with Gasteiger partial charge in [-0.1, -0.05) is 0 Å². The summed E-state index contributed by atoms with van der Waals surface area (Å²) in [6.45, 7) is 5.56. The van der Waals surface area contributed by atoms with Crippen LogP contribution in [0.3, 0.4) is 0 Å². The van der Waals surface area contributed by atoms with Crippen LogP contribution in [0.1, 0.15) is 6.92 Å². The van der Waals surface area contributed by atoms with Crippen molar-refractivity contribution in [1.29, 1.82) is 0 Å². The minimum absolute atomic E-state index is 1.00. The molecule has 0 aromatic carbocycles. The second kappa shape index (κ2) is 2.44. The highest BCUT2D eigenvalue weighted by atomic mass is 16.3. The van der Waals surface area contributed by atoms with Gasteiger partial charge in [0.25, 0.3) is 0 Å². The maximum absolute atomic E-state index is 8.91. The summed E-state index contributed by atoms with van der Waals surface area (Å²) in [5, 5.41) is 17.5. The number of aliphatic hydroxyl groups is 2. The van der Waals surface area contributed by atoms with Crippen molar-refractivity contribution in [3.05, 3.63) is 13.5 Å². The van der Waals surface area contributed by atoms with Crippen molar-refractivity contribution in [2.45, 2.75) is 18.6 Å². The molecule has 0 heterocycles. The third-order valence-electron chi connectivity index (χ3n) is 1.01. The number of nitrogens with two attached hydrogens (primary N) is 1. The maximum atomic E-state index is 8.91. The Morgan fingerprint density at radius 2 is 2.25 bits per heavy atom. The van der Waals surface area contributed by atoms with Crippen LogP contribution in [0.25, 0.3) is 0 Å². The molecular formula is C5H11NO2. The Hall–Kier alpha value is -0.120. The molecule has 0 bridgehead atoms. The Morgan fingerprint density at radius 3 is 2.25 bits per heavy atom. The van der Waals surface area contributed by atoms with Crippen LogP contribution in [0.2, 0.25) is 0 Å². The Labute approximate surface area is 49.1 Å². The Balaban J connectivity index is 3.71. The number of hydrogen-bond acceptors (Lipinski definition) is 3. The molecule has 0 aromatic rings. The van der Waals surface area contributed by atoms with E-state index in [1.807, 2.05) is 0 Å². The Kier molecular flexibility index (Phi) is 2.40. The average Bonchev–Trinajstić information content (AvgIpc) is 1.67. The van der Waals surface area contributed by atoms with Gasteiger partial charge in [-0.2, -0.15) is 0 Å². The lowest BCUT2D eigenvalue weighted by atomic mass is 10.0. The molecule has 8 heavy (non-hydrogen) atoms. The molecule has 0 aliphatic heterocycles. The highest BCUT2D eigenvalue weighted by Gasteiger charge is 2.24. The fraction of sp³-hybridized carbons (Fsp3) is 0.600. The molecule has 0 saturated heterocycles. The lowest BCUT2D eigenvalue weighted by Crippen LogP contribution is -2.40. The first kappa shape index (κ1) is 7.88. The average molecular weight is 117 g/mol. The van der Waals surface area contributed by atoms with Crippen LogP contribution in [0.15, 0.2) is 0 Å². The predicted molar refractivity (Wildman–Crippen MR) is 30.5 cm³/mol. The summed E-state index contributed by atoms with van der Waals surface area (Å²) in [4.78, 5) is 0. The highest BCUT2D eigenvalue weighted by Crippen LogP contribution is 2.08. The standard InChI is InChI=1S/C5H11NO2/c1-4(7)5(2,8)3-6/h3-4,7-8H,1,6H2,2H3/t4-,5+/m1/s1. The number of aliphatic hydroxyl groups excluding tert-OH is 1. The van der Waals surface area contributed by atoms with Crippen LogP contribution < -0.4 is 5.73 Å². The lowest BCUT2D eigenvalue weighted by molar-refractivity contribution is -0.0143. The first-order chi connectivity index (χ1) is 3.50. The van der Waals surface area contributed by atoms with Gasteiger partial charge in [0.1, 0.15) is 5.60 Å². The molecule has 2 atom stereocenters. The zero-order valence-corrected chi connectivity index (χ0v) is 4.83. The molecule has 0 aliphatic rings. The third kappa shape index (κ3) is 1.78. The molecule has 0 aliphatic carbocycles. The summed E-state index contributed by atoms with van der Waals surface area (Å²) in [6.07, 6.45) is -1.06. The third-order valence-corrected chi connectivity index (χ3v) is 1.01. The van der Waals surface area contributed by atoms with Gasteiger partial charge in [-0.3, -0.25) is 0 Å². The van der Waals surface area contributed by atoms with Crippen LogP contribution >= 0.6 is 0 Å². The van der Waals surface area contributed by atoms with Crippen molar-refractivity contribution in [3.8, 4) is 0 Å². The summed E-state index contributed by atoms with van der Waals surface area (Å²) in [7, 11) is 0. The van der Waals surface area contributed by atoms with E-state index in [9.17, 15) is 0 Å². The second-order valence-corrected chi connectivity index (χ2v) is 1.91. The van der Waals surface area contributed by atoms with E-state index in [4.69, 9.17) is 15.9 Å². The van der Waals surface area contributed by atoms with Gasteiger partial charge in [0, 0.05) is 0 Å². The van der Waals surface area contributed by atoms with E-state index in [0.29, 0.717) is 0 Å². The first-order valence-corrected chi connectivity index (χ1v) is 2.30. The van der Waals surface area contributed by atoms with E-state index in [-0.39, 0.29) is 0 Å². The van der Waals surface area contributed by atoms with E-state index >= 15 is 0 Å². The summed E-state index contributed by atoms with van der Waals surface area (Å²) in [6, 6.07) is 0. The zero-order chi connectivity index (χ0) is 6.78. The number of hydrogen-bond donors (Lipinski definition) is 3. The SMILES string of the molecule is [CH2][C@@H](O)[C@@](C)(O)[CH]N. The molecule has 3 heteroatoms. The summed E-state index contributed by atoms with van der Waals surface area (Å²) >= 11 is 0. The van der Waals surface area contributed by atoms with Gasteiger partial charge in [0.2, 0.25) is 0 Å². The maximum Gasteiger partial charge on any atom is 0.104 e. The van der Waals surface area contributed by atoms with E-state index in [0.717, 1.165) is 6.54 Å². The van der Waals surface area contributed by atoms with E-state index in [1.165, 1.54) is 6.92 Å². The van der Waals surface area contributed by atoms with Crippen molar-refractivity contribution >= 4 is 0 Å². The summed E-state index contributed by atoms with van der Waals surface area (Å²) in [5.74, 6) is 0. The summed E-state index contributed by atoms with van der Waals surface area (Å²) in [5.41, 5.74) is 3.57. The van der Waals surface area contributed by atoms with Crippen molar-refractivity contribution in [2.24, 2.45) is 5.73 Å². The molecule has 0 amide bonds. The molecule has 0 fully saturated rings. The van der Waals surface area contributed by atoms with Crippen LogP contribution in [0, 0.1) is 13.5 Å². The van der Waals surface area contributed by atoms with Gasteiger partial charge in [-0.05, 0) is 13.8 Å². The predicted octanol–water partition coefficient (Wildman–Crippen LogP) is -0.947. The van der Waals surface area contributed by atoms with Crippen LogP contribution in [-0.2, 0) is 0 Å². The van der Waals surface area contributed by atoms with Crippen molar-refractivity contribution < 1.29 is 10.2 Å². The van der Waals surface area contributed by atoms with Crippen molar-refractivity contribution in [3.63, 3.8) is 0 Å². The van der Waals surface area contributed by atoms with Crippen molar-refractivity contribution in [2.75, 3.05) is 0 Å². The lowest BCUT2D eigenvalue weighted by Gasteiger charge is -2.23. The van der Waals surface area contributed by atoms with Gasteiger partial charge in [-0.15, -0.1) is 0 Å². The van der Waals surface area contributed by atoms with Gasteiger partial charge >= 0.3 is 0 Å². The van der Waals surface area contributed by atoms with Crippen LogP contribution in [-0.4, -0.2) is 21.9 Å². The molecule has 0 rings (SSSR count). The molecule has 48 valence electrons. The second-order valence-electron chi connectivity index (χ2n) is 1.91. The highest BCUT2D eigenvalue weighted by molar-refractivity contribution is 4.92. The quantitative estimate of drug-likeness (QED) is 0.437. The van der Waals surface area contributed by atoms with Gasteiger partial charge < -0.3 is 15.9 Å². The largest absolute Gasteiger partial charge is 0.390 e. The molecule has 4 N–H and O–H groups in total. The molecule has 0 unspecified atom stereocenters. The molecule has 0 aromatic heterocycles.